The number of hydrogen-bond acceptors (Lipinski definition) is 3. The molecular formula is C21H20FN3O2. The van der Waals surface area contributed by atoms with Crippen LogP contribution in [0.15, 0.2) is 54.7 Å². The summed E-state index contributed by atoms with van der Waals surface area (Å²) in [5, 5.41) is 8.15. The zero-order valence-corrected chi connectivity index (χ0v) is 14.8. The molecule has 0 aliphatic carbocycles. The van der Waals surface area contributed by atoms with Crippen molar-refractivity contribution in [1.82, 2.24) is 9.78 Å². The number of nitrogens with one attached hydrogen (secondary N) is 1. The van der Waals surface area contributed by atoms with Crippen molar-refractivity contribution in [2.24, 2.45) is 0 Å². The highest BCUT2D eigenvalue weighted by molar-refractivity contribution is 6.02. The number of benzene rings is 2. The van der Waals surface area contributed by atoms with E-state index in [0.717, 1.165) is 42.3 Å². The Hall–Kier alpha value is -2.99. The van der Waals surface area contributed by atoms with Gasteiger partial charge in [-0.1, -0.05) is 18.2 Å². The maximum atomic E-state index is 13.2. The van der Waals surface area contributed by atoms with Gasteiger partial charge in [-0.2, -0.15) is 5.10 Å². The lowest BCUT2D eigenvalue weighted by Gasteiger charge is -2.23. The predicted octanol–water partition coefficient (Wildman–Crippen LogP) is 4.53. The molecule has 1 aromatic heterocycles. The summed E-state index contributed by atoms with van der Waals surface area (Å²) in [6.45, 7) is 0.756. The number of halogens is 1. The number of aromatic nitrogens is 2. The first-order chi connectivity index (χ1) is 13.2. The third kappa shape index (κ3) is 4.06. The van der Waals surface area contributed by atoms with Crippen molar-refractivity contribution in [2.75, 3.05) is 11.9 Å². The lowest BCUT2D eigenvalue weighted by molar-refractivity contribution is -0.111. The Morgan fingerprint density at radius 3 is 3.00 bits per heavy atom. The van der Waals surface area contributed by atoms with E-state index in [0.29, 0.717) is 5.69 Å². The molecule has 138 valence electrons. The molecule has 1 amide bonds. The third-order valence-corrected chi connectivity index (χ3v) is 4.57. The van der Waals surface area contributed by atoms with Gasteiger partial charge in [0.1, 0.15) is 5.82 Å². The van der Waals surface area contributed by atoms with Gasteiger partial charge in [0.15, 0.2) is 6.23 Å². The van der Waals surface area contributed by atoms with Crippen LogP contribution in [-0.2, 0) is 9.53 Å². The number of carbonyl (C=O) groups is 1. The van der Waals surface area contributed by atoms with Crippen LogP contribution in [0.25, 0.3) is 17.0 Å². The Labute approximate surface area is 156 Å². The molecule has 1 aliphatic rings. The maximum absolute atomic E-state index is 13.2. The molecule has 4 rings (SSSR count). The number of carbonyl (C=O) groups excluding carboxylic acids is 1. The van der Waals surface area contributed by atoms with Gasteiger partial charge in [0.2, 0.25) is 5.91 Å². The summed E-state index contributed by atoms with van der Waals surface area (Å²) >= 11 is 0. The van der Waals surface area contributed by atoms with E-state index < -0.39 is 0 Å². The fraction of sp³-hybridized carbons (Fsp3) is 0.238. The maximum Gasteiger partial charge on any atom is 0.248 e. The van der Waals surface area contributed by atoms with E-state index >= 15 is 0 Å². The fourth-order valence-corrected chi connectivity index (χ4v) is 3.23. The predicted molar refractivity (Wildman–Crippen MR) is 103 cm³/mol. The molecule has 2 aromatic carbocycles. The average molecular weight is 365 g/mol. The Bertz CT molecular complexity index is 990. The van der Waals surface area contributed by atoms with Crippen LogP contribution >= 0.6 is 0 Å². The topological polar surface area (TPSA) is 56.2 Å². The van der Waals surface area contributed by atoms with Gasteiger partial charge < -0.3 is 10.1 Å². The first-order valence-electron chi connectivity index (χ1n) is 9.02. The molecule has 1 N–H and O–H groups in total. The SMILES string of the molecule is O=C(C=Cc1ccc2cnn(C3CCCCO3)c2c1)Nc1cccc(F)c1. The zero-order valence-electron chi connectivity index (χ0n) is 14.8. The Morgan fingerprint density at radius 1 is 1.26 bits per heavy atom. The summed E-state index contributed by atoms with van der Waals surface area (Å²) in [6, 6.07) is 11.7. The van der Waals surface area contributed by atoms with E-state index in [9.17, 15) is 9.18 Å². The van der Waals surface area contributed by atoms with Crippen molar-refractivity contribution < 1.29 is 13.9 Å². The molecule has 5 nitrogen and oxygen atoms in total. The van der Waals surface area contributed by atoms with Crippen LogP contribution in [0.1, 0.15) is 31.1 Å². The number of rotatable bonds is 4. The molecule has 1 atom stereocenters. The van der Waals surface area contributed by atoms with E-state index in [-0.39, 0.29) is 18.0 Å². The van der Waals surface area contributed by atoms with Crippen molar-refractivity contribution in [3.8, 4) is 0 Å². The summed E-state index contributed by atoms with van der Waals surface area (Å²) in [5.74, 6) is -0.703. The van der Waals surface area contributed by atoms with Crippen LogP contribution in [0.5, 0.6) is 0 Å². The number of fused-ring (bicyclic) bond motifs is 1. The smallest absolute Gasteiger partial charge is 0.248 e. The molecule has 6 heteroatoms. The molecule has 1 aliphatic heterocycles. The molecule has 0 radical (unpaired) electrons. The van der Waals surface area contributed by atoms with Gasteiger partial charge in [0, 0.05) is 23.8 Å². The van der Waals surface area contributed by atoms with Crippen molar-refractivity contribution in [1.29, 1.82) is 0 Å². The van der Waals surface area contributed by atoms with Gasteiger partial charge in [-0.15, -0.1) is 0 Å². The van der Waals surface area contributed by atoms with Crippen molar-refractivity contribution >= 4 is 28.6 Å². The Kier molecular flexibility index (Phi) is 4.98. The second kappa shape index (κ2) is 7.72. The molecule has 0 saturated carbocycles. The van der Waals surface area contributed by atoms with Gasteiger partial charge in [0.05, 0.1) is 11.7 Å². The highest BCUT2D eigenvalue weighted by atomic mass is 19.1. The van der Waals surface area contributed by atoms with E-state index in [1.54, 1.807) is 18.2 Å². The Balaban J connectivity index is 1.51. The number of anilines is 1. The van der Waals surface area contributed by atoms with E-state index in [1.165, 1.54) is 18.2 Å². The largest absolute Gasteiger partial charge is 0.356 e. The number of hydrogen-bond donors (Lipinski definition) is 1. The second-order valence-corrected chi connectivity index (χ2v) is 6.56. The molecule has 1 saturated heterocycles. The minimum absolute atomic E-state index is 0.0354. The second-order valence-electron chi connectivity index (χ2n) is 6.56. The van der Waals surface area contributed by atoms with Gasteiger partial charge in [-0.05, 0) is 55.2 Å². The van der Waals surface area contributed by atoms with Gasteiger partial charge >= 0.3 is 0 Å². The molecule has 1 unspecified atom stereocenters. The highest BCUT2D eigenvalue weighted by Crippen LogP contribution is 2.26. The molecule has 1 fully saturated rings. The van der Waals surface area contributed by atoms with Crippen LogP contribution < -0.4 is 5.32 Å². The fourth-order valence-electron chi connectivity index (χ4n) is 3.23. The van der Waals surface area contributed by atoms with E-state index in [4.69, 9.17) is 4.74 Å². The van der Waals surface area contributed by atoms with Gasteiger partial charge in [-0.25, -0.2) is 9.07 Å². The minimum Gasteiger partial charge on any atom is -0.356 e. The lowest BCUT2D eigenvalue weighted by atomic mass is 10.1. The van der Waals surface area contributed by atoms with Crippen molar-refractivity contribution in [2.45, 2.75) is 25.5 Å². The van der Waals surface area contributed by atoms with Crippen LogP contribution in [0, 0.1) is 5.82 Å². The quantitative estimate of drug-likeness (QED) is 0.691. The molecule has 27 heavy (non-hydrogen) atoms. The van der Waals surface area contributed by atoms with Crippen LogP contribution in [0.4, 0.5) is 10.1 Å². The first kappa shape index (κ1) is 17.4. The van der Waals surface area contributed by atoms with Crippen molar-refractivity contribution in [3.63, 3.8) is 0 Å². The summed E-state index contributed by atoms with van der Waals surface area (Å²) in [5.41, 5.74) is 2.29. The average Bonchev–Trinajstić information content (AvgIpc) is 3.10. The highest BCUT2D eigenvalue weighted by Gasteiger charge is 2.18. The molecule has 3 aromatic rings. The monoisotopic (exact) mass is 365 g/mol. The van der Waals surface area contributed by atoms with Crippen molar-refractivity contribution in [3.05, 3.63) is 66.1 Å². The summed E-state index contributed by atoms with van der Waals surface area (Å²) in [6.07, 6.45) is 8.13. The summed E-state index contributed by atoms with van der Waals surface area (Å²) < 4.78 is 20.9. The molecule has 0 spiro atoms. The van der Waals surface area contributed by atoms with Crippen LogP contribution in [0.3, 0.4) is 0 Å². The molecular weight excluding hydrogens is 345 g/mol. The van der Waals surface area contributed by atoms with Gasteiger partial charge in [0.25, 0.3) is 0 Å². The van der Waals surface area contributed by atoms with Crippen LogP contribution in [0.2, 0.25) is 0 Å². The molecule has 0 bridgehead atoms. The van der Waals surface area contributed by atoms with Crippen LogP contribution in [-0.4, -0.2) is 22.3 Å². The molecule has 2 heterocycles. The number of amides is 1. The Morgan fingerprint density at radius 2 is 2.19 bits per heavy atom. The normalized spacial score (nSPS) is 17.4. The number of nitrogens with zero attached hydrogens (tertiary/aromatic N) is 2. The third-order valence-electron chi connectivity index (χ3n) is 4.57. The minimum atomic E-state index is -0.388. The van der Waals surface area contributed by atoms with Gasteiger partial charge in [-0.3, -0.25) is 4.79 Å². The standard InChI is InChI=1S/C21H20FN3O2/c22-17-4-3-5-18(13-17)24-20(26)10-8-15-7-9-16-14-23-25(19(16)12-15)21-6-1-2-11-27-21/h3-5,7-10,12-14,21H,1-2,6,11H2,(H,24,26). The summed E-state index contributed by atoms with van der Waals surface area (Å²) in [4.78, 5) is 12.1. The number of ether oxygens (including phenoxy) is 1. The summed E-state index contributed by atoms with van der Waals surface area (Å²) in [7, 11) is 0. The zero-order chi connectivity index (χ0) is 18.6. The van der Waals surface area contributed by atoms with E-state index in [2.05, 4.69) is 10.4 Å². The van der Waals surface area contributed by atoms with E-state index in [1.807, 2.05) is 29.1 Å². The first-order valence-corrected chi connectivity index (χ1v) is 9.02. The lowest BCUT2D eigenvalue weighted by Crippen LogP contribution is -2.18.